The molecule has 2 aromatic carbocycles. The van der Waals surface area contributed by atoms with Gasteiger partial charge in [-0.1, -0.05) is 43.5 Å². The Balaban J connectivity index is 1.47. The van der Waals surface area contributed by atoms with Gasteiger partial charge in [0.25, 0.3) is 0 Å². The van der Waals surface area contributed by atoms with Gasteiger partial charge < -0.3 is 25.5 Å². The summed E-state index contributed by atoms with van der Waals surface area (Å²) in [5.74, 6) is -0.366. The molecular formula is C24H37N3O5S. The van der Waals surface area contributed by atoms with Crippen molar-refractivity contribution in [2.24, 2.45) is 5.92 Å². The van der Waals surface area contributed by atoms with Gasteiger partial charge in [0.1, 0.15) is 0 Å². The van der Waals surface area contributed by atoms with E-state index < -0.39 is 22.2 Å². The van der Waals surface area contributed by atoms with E-state index in [1.165, 1.54) is 0 Å². The highest BCUT2D eigenvalue weighted by molar-refractivity contribution is 7.89. The summed E-state index contributed by atoms with van der Waals surface area (Å²) in [5, 5.41) is 34.1. The zero-order valence-corrected chi connectivity index (χ0v) is 20.3. The molecule has 33 heavy (non-hydrogen) atoms. The van der Waals surface area contributed by atoms with Crippen LogP contribution < -0.4 is 14.9 Å². The highest BCUT2D eigenvalue weighted by atomic mass is 32.2. The molecule has 1 aliphatic rings. The lowest BCUT2D eigenvalue weighted by Crippen LogP contribution is -2.57. The fraction of sp³-hybridized carbons (Fsp3) is 0.583. The number of β-amino-alcohol motifs (C(OH)–C–C–N with tert-alkyl or cyclic N) is 1. The van der Waals surface area contributed by atoms with E-state index in [2.05, 4.69) is 10.0 Å². The second-order valence-corrected chi connectivity index (χ2v) is 10.8. The number of benzene rings is 2. The molecule has 0 amide bonds. The number of anilines is 1. The number of unbranched alkanes of at least 4 members (excludes halogenated alkanes) is 3. The van der Waals surface area contributed by atoms with Crippen LogP contribution in [0.1, 0.15) is 32.1 Å². The Labute approximate surface area is 196 Å². The molecule has 2 aromatic rings. The van der Waals surface area contributed by atoms with Crippen LogP contribution in [0.15, 0.2) is 41.3 Å². The van der Waals surface area contributed by atoms with Crippen molar-refractivity contribution in [1.82, 2.24) is 10.0 Å². The van der Waals surface area contributed by atoms with E-state index in [1.807, 2.05) is 43.3 Å². The summed E-state index contributed by atoms with van der Waals surface area (Å²) in [7, 11) is 0.258. The Kier molecular flexibility index (Phi) is 9.09. The summed E-state index contributed by atoms with van der Waals surface area (Å²) in [6.07, 6.45) is 2.49. The average Bonchev–Trinajstić information content (AvgIpc) is 2.79. The molecular weight excluding hydrogens is 442 g/mol. The van der Waals surface area contributed by atoms with Crippen molar-refractivity contribution < 1.29 is 23.7 Å². The number of rotatable bonds is 11. The van der Waals surface area contributed by atoms with Crippen molar-refractivity contribution in [3.05, 3.63) is 36.4 Å². The molecule has 0 spiro atoms. The van der Waals surface area contributed by atoms with Crippen molar-refractivity contribution in [2.45, 2.75) is 55.2 Å². The molecule has 3 rings (SSSR count). The number of aliphatic hydroxyl groups excluding tert-OH is 3. The van der Waals surface area contributed by atoms with Gasteiger partial charge in [0.2, 0.25) is 10.0 Å². The first-order valence-electron chi connectivity index (χ1n) is 11.7. The second kappa shape index (κ2) is 11.6. The van der Waals surface area contributed by atoms with Crippen LogP contribution in [0.2, 0.25) is 0 Å². The normalized spacial score (nSPS) is 23.7. The number of nitrogens with zero attached hydrogens (tertiary/aromatic N) is 1. The molecule has 1 heterocycles. The fourth-order valence-electron chi connectivity index (χ4n) is 4.63. The molecule has 1 fully saturated rings. The lowest BCUT2D eigenvalue weighted by molar-refractivity contribution is -0.0679. The van der Waals surface area contributed by atoms with Gasteiger partial charge in [-0.25, -0.2) is 13.1 Å². The second-order valence-electron chi connectivity index (χ2n) is 9.04. The monoisotopic (exact) mass is 479 g/mol. The van der Waals surface area contributed by atoms with Gasteiger partial charge in [-0.05, 0) is 25.0 Å². The third-order valence-corrected chi connectivity index (χ3v) is 8.03. The molecule has 8 nitrogen and oxygen atoms in total. The molecule has 1 aliphatic heterocycles. The zero-order chi connectivity index (χ0) is 24.0. The van der Waals surface area contributed by atoms with Crippen molar-refractivity contribution >= 4 is 26.5 Å². The van der Waals surface area contributed by atoms with E-state index in [-0.39, 0.29) is 18.6 Å². The number of sulfonamides is 1. The van der Waals surface area contributed by atoms with Crippen LogP contribution in [0.25, 0.3) is 10.8 Å². The van der Waals surface area contributed by atoms with E-state index in [0.717, 1.165) is 43.2 Å². The number of hydrogen-bond donors (Lipinski definition) is 5. The van der Waals surface area contributed by atoms with Crippen LogP contribution in [0.3, 0.4) is 0 Å². The largest absolute Gasteiger partial charge is 0.396 e. The van der Waals surface area contributed by atoms with E-state index in [4.69, 9.17) is 0 Å². The van der Waals surface area contributed by atoms with Gasteiger partial charge >= 0.3 is 0 Å². The third-order valence-electron chi connectivity index (χ3n) is 6.51. The maximum atomic E-state index is 12.9. The minimum Gasteiger partial charge on any atom is -0.396 e. The Morgan fingerprint density at radius 1 is 1.03 bits per heavy atom. The molecule has 0 radical (unpaired) electrons. The van der Waals surface area contributed by atoms with E-state index in [9.17, 15) is 23.7 Å². The maximum Gasteiger partial charge on any atom is 0.241 e. The molecule has 184 valence electrons. The van der Waals surface area contributed by atoms with Crippen molar-refractivity contribution in [2.75, 3.05) is 38.7 Å². The first-order chi connectivity index (χ1) is 15.8. The summed E-state index contributed by atoms with van der Waals surface area (Å²) in [6.45, 7) is 0.536. The summed E-state index contributed by atoms with van der Waals surface area (Å²) < 4.78 is 28.6. The lowest BCUT2D eigenvalue weighted by atomic mass is 9.84. The highest BCUT2D eigenvalue weighted by Crippen LogP contribution is 2.30. The Morgan fingerprint density at radius 3 is 2.45 bits per heavy atom. The zero-order valence-electron chi connectivity index (χ0n) is 19.4. The van der Waals surface area contributed by atoms with Crippen LogP contribution in [0.5, 0.6) is 0 Å². The molecule has 0 bridgehead atoms. The molecule has 9 heteroatoms. The minimum absolute atomic E-state index is 0.0229. The standard InChI is InChI=1S/C24H37N3O5S/c1-27(2)21-12-7-10-18-17(21)9-8-13-23(18)33(31,32)26-14-6-4-3-5-11-20-19(16-28)24(30)22(29)15-25-20/h7-10,12-13,19-20,22,24-26,28-30H,3-6,11,14-16H2,1-2H3/t19-,20+,22+,24-/m0/s1. The quantitative estimate of drug-likeness (QED) is 0.309. The van der Waals surface area contributed by atoms with Crippen molar-refractivity contribution in [3.63, 3.8) is 0 Å². The summed E-state index contributed by atoms with van der Waals surface area (Å²) in [4.78, 5) is 2.27. The molecule has 4 atom stereocenters. The van der Waals surface area contributed by atoms with Gasteiger partial charge in [-0.15, -0.1) is 0 Å². The summed E-state index contributed by atoms with van der Waals surface area (Å²) >= 11 is 0. The molecule has 0 saturated carbocycles. The van der Waals surface area contributed by atoms with E-state index in [1.54, 1.807) is 12.1 Å². The predicted octanol–water partition coefficient (Wildman–Crippen LogP) is 1.44. The molecule has 0 aliphatic carbocycles. The number of fused-ring (bicyclic) bond motifs is 1. The number of hydrogen-bond acceptors (Lipinski definition) is 7. The van der Waals surface area contributed by atoms with Crippen LogP contribution in [-0.2, 0) is 10.0 Å². The van der Waals surface area contributed by atoms with Crippen LogP contribution >= 0.6 is 0 Å². The third kappa shape index (κ3) is 6.23. The summed E-state index contributed by atoms with van der Waals surface area (Å²) in [6, 6.07) is 11.0. The maximum absolute atomic E-state index is 12.9. The number of nitrogens with one attached hydrogen (secondary N) is 2. The minimum atomic E-state index is -3.62. The first-order valence-corrected chi connectivity index (χ1v) is 13.1. The smallest absolute Gasteiger partial charge is 0.241 e. The molecule has 0 unspecified atom stereocenters. The van der Waals surface area contributed by atoms with Crippen LogP contribution in [-0.4, -0.2) is 75.8 Å². The topological polar surface area (TPSA) is 122 Å². The van der Waals surface area contributed by atoms with E-state index >= 15 is 0 Å². The Bertz CT molecular complexity index is 1010. The molecule has 0 aromatic heterocycles. The van der Waals surface area contributed by atoms with Gasteiger partial charge in [-0.3, -0.25) is 0 Å². The van der Waals surface area contributed by atoms with Crippen LogP contribution in [0.4, 0.5) is 5.69 Å². The molecule has 5 N–H and O–H groups in total. The first kappa shape index (κ1) is 25.9. The number of piperidine rings is 1. The van der Waals surface area contributed by atoms with Gasteiger partial charge in [0.05, 0.1) is 17.1 Å². The van der Waals surface area contributed by atoms with E-state index in [0.29, 0.717) is 23.4 Å². The van der Waals surface area contributed by atoms with Crippen molar-refractivity contribution in [1.29, 1.82) is 0 Å². The van der Waals surface area contributed by atoms with Crippen molar-refractivity contribution in [3.8, 4) is 0 Å². The lowest BCUT2D eigenvalue weighted by Gasteiger charge is -2.38. The SMILES string of the molecule is CN(C)c1cccc2c(S(=O)(=O)NCCCCCC[C@H]3NC[C@@H](O)[C@@H](O)[C@H]3CO)cccc12. The average molecular weight is 480 g/mol. The van der Waals surface area contributed by atoms with Gasteiger partial charge in [0, 0.05) is 62.2 Å². The predicted molar refractivity (Wildman–Crippen MR) is 131 cm³/mol. The summed E-state index contributed by atoms with van der Waals surface area (Å²) in [5.41, 5.74) is 0.975. The highest BCUT2D eigenvalue weighted by Gasteiger charge is 2.36. The van der Waals surface area contributed by atoms with Crippen LogP contribution in [0, 0.1) is 5.92 Å². The number of aliphatic hydroxyl groups is 3. The fourth-order valence-corrected chi connectivity index (χ4v) is 5.93. The van der Waals surface area contributed by atoms with Gasteiger partial charge in [0.15, 0.2) is 0 Å². The Morgan fingerprint density at radius 2 is 1.73 bits per heavy atom. The van der Waals surface area contributed by atoms with Gasteiger partial charge in [-0.2, -0.15) is 0 Å². The Hall–Kier alpha value is -1.75. The molecule has 1 saturated heterocycles.